The fourth-order valence-corrected chi connectivity index (χ4v) is 2.10. The van der Waals surface area contributed by atoms with Crippen LogP contribution < -0.4 is 5.32 Å². The maximum Gasteiger partial charge on any atom is 0.229 e. The number of aromatic amines is 1. The van der Waals surface area contributed by atoms with Crippen molar-refractivity contribution in [3.63, 3.8) is 0 Å². The molecule has 17 heavy (non-hydrogen) atoms. The first-order chi connectivity index (χ1) is 8.34. The lowest BCUT2D eigenvalue weighted by Crippen LogP contribution is -2.14. The van der Waals surface area contributed by atoms with Crippen LogP contribution in [0.1, 0.15) is 17.9 Å². The smallest absolute Gasteiger partial charge is 0.229 e. The van der Waals surface area contributed by atoms with Crippen LogP contribution in [-0.2, 0) is 4.79 Å². The molecule has 0 saturated heterocycles. The molecule has 2 aromatic rings. The van der Waals surface area contributed by atoms with E-state index in [-0.39, 0.29) is 11.8 Å². The summed E-state index contributed by atoms with van der Waals surface area (Å²) in [6.07, 6.45) is 2.56. The Morgan fingerprint density at radius 3 is 2.82 bits per heavy atom. The monoisotopic (exact) mass is 227 g/mol. The van der Waals surface area contributed by atoms with Crippen molar-refractivity contribution < 1.29 is 4.79 Å². The lowest BCUT2D eigenvalue weighted by Gasteiger charge is -2.01. The molecule has 2 atom stereocenters. The van der Waals surface area contributed by atoms with E-state index in [1.54, 1.807) is 12.3 Å². The molecule has 1 aromatic carbocycles. The molecule has 1 fully saturated rings. The normalized spacial score (nSPS) is 22.1. The Morgan fingerprint density at radius 2 is 2.12 bits per heavy atom. The van der Waals surface area contributed by atoms with Gasteiger partial charge in [0.25, 0.3) is 0 Å². The van der Waals surface area contributed by atoms with Gasteiger partial charge in [-0.2, -0.15) is 5.10 Å². The number of rotatable bonds is 3. The highest BCUT2D eigenvalue weighted by Gasteiger charge is 2.43. The number of benzene rings is 1. The number of hydrogen-bond acceptors (Lipinski definition) is 2. The highest BCUT2D eigenvalue weighted by Crippen LogP contribution is 2.47. The fourth-order valence-electron chi connectivity index (χ4n) is 2.10. The zero-order valence-electron chi connectivity index (χ0n) is 9.26. The molecule has 86 valence electrons. The number of nitrogens with zero attached hydrogens (tertiary/aromatic N) is 1. The molecule has 0 spiro atoms. The van der Waals surface area contributed by atoms with E-state index in [2.05, 4.69) is 27.6 Å². The molecule has 1 amide bonds. The molecule has 3 rings (SSSR count). The molecular formula is C13H13N3O. The molecule has 1 aliphatic carbocycles. The summed E-state index contributed by atoms with van der Waals surface area (Å²) in [6.45, 7) is 0. The van der Waals surface area contributed by atoms with E-state index in [1.165, 1.54) is 5.56 Å². The largest absolute Gasteiger partial charge is 0.311 e. The third-order valence-corrected chi connectivity index (χ3v) is 3.11. The van der Waals surface area contributed by atoms with Gasteiger partial charge in [0, 0.05) is 12.0 Å². The van der Waals surface area contributed by atoms with Crippen molar-refractivity contribution in [1.82, 2.24) is 10.2 Å². The van der Waals surface area contributed by atoms with Gasteiger partial charge in [0.2, 0.25) is 5.91 Å². The lowest BCUT2D eigenvalue weighted by molar-refractivity contribution is -0.117. The zero-order chi connectivity index (χ0) is 11.7. The van der Waals surface area contributed by atoms with Crippen molar-refractivity contribution in [3.8, 4) is 0 Å². The maximum absolute atomic E-state index is 11.9. The van der Waals surface area contributed by atoms with E-state index in [9.17, 15) is 4.79 Å². The third kappa shape index (κ3) is 2.06. The number of aromatic nitrogens is 2. The van der Waals surface area contributed by atoms with E-state index in [1.807, 2.05) is 18.2 Å². The second-order valence-electron chi connectivity index (χ2n) is 4.32. The maximum atomic E-state index is 11.9. The van der Waals surface area contributed by atoms with Crippen molar-refractivity contribution in [2.75, 3.05) is 5.32 Å². The van der Waals surface area contributed by atoms with Crippen LogP contribution >= 0.6 is 0 Å². The first-order valence-electron chi connectivity index (χ1n) is 5.70. The molecule has 1 aliphatic rings. The van der Waals surface area contributed by atoms with Crippen LogP contribution in [0.2, 0.25) is 0 Å². The minimum absolute atomic E-state index is 0.0723. The number of anilines is 1. The average Bonchev–Trinajstić information content (AvgIpc) is 3.02. The second kappa shape index (κ2) is 4.05. The second-order valence-corrected chi connectivity index (χ2v) is 4.32. The van der Waals surface area contributed by atoms with Gasteiger partial charge in [-0.3, -0.25) is 9.89 Å². The summed E-state index contributed by atoms with van der Waals surface area (Å²) in [5.74, 6) is 1.21. The molecule has 4 heteroatoms. The fraction of sp³-hybridized carbons (Fsp3) is 0.231. The van der Waals surface area contributed by atoms with Gasteiger partial charge in [-0.05, 0) is 17.9 Å². The highest BCUT2D eigenvalue weighted by atomic mass is 16.2. The molecule has 0 radical (unpaired) electrons. The van der Waals surface area contributed by atoms with Crippen LogP contribution in [0.3, 0.4) is 0 Å². The van der Waals surface area contributed by atoms with E-state index in [0.717, 1.165) is 6.42 Å². The summed E-state index contributed by atoms with van der Waals surface area (Å²) < 4.78 is 0. The van der Waals surface area contributed by atoms with Crippen LogP contribution in [0.5, 0.6) is 0 Å². The SMILES string of the molecule is O=C(Nc1ccn[nH]1)[C@H]1C[C@H]1c1ccccc1. The number of H-pyrrole nitrogens is 1. The summed E-state index contributed by atoms with van der Waals surface area (Å²) in [4.78, 5) is 11.9. The van der Waals surface area contributed by atoms with Gasteiger partial charge >= 0.3 is 0 Å². The Labute approximate surface area is 99.1 Å². The third-order valence-electron chi connectivity index (χ3n) is 3.11. The Hall–Kier alpha value is -2.10. The van der Waals surface area contributed by atoms with Crippen LogP contribution in [-0.4, -0.2) is 16.1 Å². The van der Waals surface area contributed by atoms with Crippen molar-refractivity contribution in [3.05, 3.63) is 48.2 Å². The summed E-state index contributed by atoms with van der Waals surface area (Å²) in [7, 11) is 0. The van der Waals surface area contributed by atoms with E-state index in [4.69, 9.17) is 0 Å². The Morgan fingerprint density at radius 1 is 1.29 bits per heavy atom. The Bertz CT molecular complexity index is 507. The molecule has 4 nitrogen and oxygen atoms in total. The summed E-state index contributed by atoms with van der Waals surface area (Å²) in [5, 5.41) is 9.34. The number of carbonyl (C=O) groups excluding carboxylic acids is 1. The van der Waals surface area contributed by atoms with Gasteiger partial charge in [0.1, 0.15) is 5.82 Å². The van der Waals surface area contributed by atoms with Crippen LogP contribution in [0.25, 0.3) is 0 Å². The lowest BCUT2D eigenvalue weighted by atomic mass is 10.1. The van der Waals surface area contributed by atoms with Crippen molar-refractivity contribution in [2.45, 2.75) is 12.3 Å². The first kappa shape index (κ1) is 10.1. The molecule has 1 heterocycles. The standard InChI is InChI=1S/C13H13N3O/c17-13(15-12-6-7-14-16-12)11-8-10(11)9-4-2-1-3-5-9/h1-7,10-11H,8H2,(H2,14,15,16,17)/t10-,11-/m0/s1. The van der Waals surface area contributed by atoms with E-state index < -0.39 is 0 Å². The Kier molecular flexibility index (Phi) is 2.40. The predicted molar refractivity (Wildman–Crippen MR) is 64.5 cm³/mol. The summed E-state index contributed by atoms with van der Waals surface area (Å²) in [6, 6.07) is 11.9. The van der Waals surface area contributed by atoms with Gasteiger partial charge < -0.3 is 5.32 Å². The van der Waals surface area contributed by atoms with Crippen molar-refractivity contribution >= 4 is 11.7 Å². The van der Waals surface area contributed by atoms with Crippen molar-refractivity contribution in [2.24, 2.45) is 5.92 Å². The van der Waals surface area contributed by atoms with Gasteiger partial charge in [-0.25, -0.2) is 0 Å². The van der Waals surface area contributed by atoms with E-state index in [0.29, 0.717) is 11.7 Å². The molecular weight excluding hydrogens is 214 g/mol. The summed E-state index contributed by atoms with van der Waals surface area (Å²) >= 11 is 0. The number of hydrogen-bond donors (Lipinski definition) is 2. The number of nitrogens with one attached hydrogen (secondary N) is 2. The van der Waals surface area contributed by atoms with Gasteiger partial charge in [-0.15, -0.1) is 0 Å². The molecule has 0 bridgehead atoms. The van der Waals surface area contributed by atoms with Crippen LogP contribution in [0.15, 0.2) is 42.6 Å². The summed E-state index contributed by atoms with van der Waals surface area (Å²) in [5.41, 5.74) is 1.25. The molecule has 0 aliphatic heterocycles. The quantitative estimate of drug-likeness (QED) is 0.844. The number of carbonyl (C=O) groups is 1. The molecule has 1 aromatic heterocycles. The van der Waals surface area contributed by atoms with Crippen LogP contribution in [0, 0.1) is 5.92 Å². The topological polar surface area (TPSA) is 57.8 Å². The molecule has 2 N–H and O–H groups in total. The van der Waals surface area contributed by atoms with Gasteiger partial charge in [-0.1, -0.05) is 30.3 Å². The van der Waals surface area contributed by atoms with Gasteiger partial charge in [0.15, 0.2) is 0 Å². The van der Waals surface area contributed by atoms with Gasteiger partial charge in [0.05, 0.1) is 6.20 Å². The zero-order valence-corrected chi connectivity index (χ0v) is 9.26. The highest BCUT2D eigenvalue weighted by molar-refractivity contribution is 5.94. The first-order valence-corrected chi connectivity index (χ1v) is 5.70. The van der Waals surface area contributed by atoms with Crippen LogP contribution in [0.4, 0.5) is 5.82 Å². The molecule has 1 saturated carbocycles. The minimum Gasteiger partial charge on any atom is -0.311 e. The average molecular weight is 227 g/mol. The Balaban J connectivity index is 1.63. The molecule has 0 unspecified atom stereocenters. The van der Waals surface area contributed by atoms with Crippen molar-refractivity contribution in [1.29, 1.82) is 0 Å². The predicted octanol–water partition coefficient (Wildman–Crippen LogP) is 2.15. The van der Waals surface area contributed by atoms with E-state index >= 15 is 0 Å². The number of amides is 1. The minimum atomic E-state index is 0.0723.